The quantitative estimate of drug-likeness (QED) is 0.663. The van der Waals surface area contributed by atoms with Crippen LogP contribution in [0.4, 0.5) is 28.9 Å². The van der Waals surface area contributed by atoms with E-state index in [4.69, 9.17) is 5.73 Å². The van der Waals surface area contributed by atoms with Gasteiger partial charge in [-0.2, -0.15) is 13.2 Å². The molecule has 0 aromatic heterocycles. The Morgan fingerprint density at radius 1 is 1.11 bits per heavy atom. The molecular weight excluding hydrogens is 262 g/mol. The maximum absolute atomic E-state index is 13.7. The molecule has 2 rings (SSSR count). The molecule has 0 spiro atoms. The first-order chi connectivity index (χ1) is 8.85. The van der Waals surface area contributed by atoms with Crippen molar-refractivity contribution in [2.24, 2.45) is 0 Å². The van der Waals surface area contributed by atoms with Gasteiger partial charge in [0, 0.05) is 31.9 Å². The molecule has 0 saturated carbocycles. The van der Waals surface area contributed by atoms with E-state index in [1.54, 1.807) is 17.0 Å². The SMILES string of the molecule is Nc1ccc(N2CCN(CC(F)(F)F)CC2)c(F)c1. The van der Waals surface area contributed by atoms with Gasteiger partial charge in [0.1, 0.15) is 5.82 Å². The van der Waals surface area contributed by atoms with Gasteiger partial charge in [0.25, 0.3) is 0 Å². The van der Waals surface area contributed by atoms with Gasteiger partial charge in [0.15, 0.2) is 0 Å². The van der Waals surface area contributed by atoms with Crippen LogP contribution in [-0.2, 0) is 0 Å². The van der Waals surface area contributed by atoms with Crippen molar-refractivity contribution in [2.75, 3.05) is 43.4 Å². The highest BCUT2D eigenvalue weighted by atomic mass is 19.4. The van der Waals surface area contributed by atoms with Crippen molar-refractivity contribution in [1.29, 1.82) is 0 Å². The molecule has 0 radical (unpaired) electrons. The monoisotopic (exact) mass is 277 g/mol. The summed E-state index contributed by atoms with van der Waals surface area (Å²) in [4.78, 5) is 3.06. The van der Waals surface area contributed by atoms with E-state index >= 15 is 0 Å². The number of anilines is 2. The molecule has 3 nitrogen and oxygen atoms in total. The lowest BCUT2D eigenvalue weighted by Gasteiger charge is -2.36. The van der Waals surface area contributed by atoms with E-state index in [1.807, 2.05) is 0 Å². The van der Waals surface area contributed by atoms with E-state index in [1.165, 1.54) is 11.0 Å². The number of nitrogens with two attached hydrogens (primary N) is 1. The Labute approximate surface area is 108 Å². The summed E-state index contributed by atoms with van der Waals surface area (Å²) in [7, 11) is 0. The Balaban J connectivity index is 1.96. The van der Waals surface area contributed by atoms with Crippen LogP contribution < -0.4 is 10.6 Å². The first-order valence-electron chi connectivity index (χ1n) is 5.94. The second kappa shape index (κ2) is 5.24. The van der Waals surface area contributed by atoms with Gasteiger partial charge in [-0.3, -0.25) is 4.90 Å². The Morgan fingerprint density at radius 2 is 1.74 bits per heavy atom. The Morgan fingerprint density at radius 3 is 2.26 bits per heavy atom. The van der Waals surface area contributed by atoms with Crippen LogP contribution in [0.1, 0.15) is 0 Å². The van der Waals surface area contributed by atoms with Gasteiger partial charge in [0.2, 0.25) is 0 Å². The zero-order chi connectivity index (χ0) is 14.0. The molecule has 1 fully saturated rings. The summed E-state index contributed by atoms with van der Waals surface area (Å²) in [5.74, 6) is -0.440. The fourth-order valence-corrected chi connectivity index (χ4v) is 2.18. The average Bonchev–Trinajstić information content (AvgIpc) is 2.28. The Kier molecular flexibility index (Phi) is 3.84. The molecule has 1 saturated heterocycles. The van der Waals surface area contributed by atoms with Crippen molar-refractivity contribution < 1.29 is 17.6 Å². The number of alkyl halides is 3. The lowest BCUT2D eigenvalue weighted by Crippen LogP contribution is -2.49. The molecule has 1 aromatic rings. The van der Waals surface area contributed by atoms with Crippen LogP contribution in [0.25, 0.3) is 0 Å². The number of benzene rings is 1. The lowest BCUT2D eigenvalue weighted by atomic mass is 10.2. The first-order valence-corrected chi connectivity index (χ1v) is 5.94. The van der Waals surface area contributed by atoms with Crippen molar-refractivity contribution >= 4 is 11.4 Å². The molecule has 106 valence electrons. The molecule has 0 atom stereocenters. The molecule has 2 N–H and O–H groups in total. The molecule has 0 amide bonds. The molecule has 0 bridgehead atoms. The second-order valence-corrected chi connectivity index (χ2v) is 4.59. The van der Waals surface area contributed by atoms with Gasteiger partial charge in [-0.05, 0) is 18.2 Å². The maximum Gasteiger partial charge on any atom is 0.401 e. The third-order valence-electron chi connectivity index (χ3n) is 3.09. The van der Waals surface area contributed by atoms with Crippen molar-refractivity contribution in [2.45, 2.75) is 6.18 Å². The average molecular weight is 277 g/mol. The Bertz CT molecular complexity index is 439. The minimum atomic E-state index is -4.19. The molecule has 1 aliphatic heterocycles. The molecular formula is C12H15F4N3. The third kappa shape index (κ3) is 3.73. The number of nitrogens with zero attached hydrogens (tertiary/aromatic N) is 2. The number of hydrogen-bond acceptors (Lipinski definition) is 3. The van der Waals surface area contributed by atoms with Gasteiger partial charge in [0.05, 0.1) is 12.2 Å². The van der Waals surface area contributed by atoms with E-state index in [-0.39, 0.29) is 13.1 Å². The van der Waals surface area contributed by atoms with Gasteiger partial charge in [-0.15, -0.1) is 0 Å². The molecule has 1 aromatic carbocycles. The zero-order valence-electron chi connectivity index (χ0n) is 10.3. The summed E-state index contributed by atoms with van der Waals surface area (Å²) in [6.45, 7) is 0.367. The second-order valence-electron chi connectivity index (χ2n) is 4.59. The van der Waals surface area contributed by atoms with Crippen LogP contribution >= 0.6 is 0 Å². The smallest absolute Gasteiger partial charge is 0.399 e. The van der Waals surface area contributed by atoms with E-state index in [0.29, 0.717) is 24.5 Å². The predicted molar refractivity (Wildman–Crippen MR) is 65.5 cm³/mol. The summed E-state index contributed by atoms with van der Waals surface area (Å²) in [6.07, 6.45) is -4.19. The van der Waals surface area contributed by atoms with E-state index in [9.17, 15) is 17.6 Å². The summed E-state index contributed by atoms with van der Waals surface area (Å²) < 4.78 is 50.4. The normalized spacial score (nSPS) is 17.8. The summed E-state index contributed by atoms with van der Waals surface area (Å²) >= 11 is 0. The summed E-state index contributed by atoms with van der Waals surface area (Å²) in [5.41, 5.74) is 6.18. The van der Waals surface area contributed by atoms with Gasteiger partial charge >= 0.3 is 6.18 Å². The molecule has 1 heterocycles. The highest BCUT2D eigenvalue weighted by Crippen LogP contribution is 2.24. The van der Waals surface area contributed by atoms with E-state index < -0.39 is 18.5 Å². The highest BCUT2D eigenvalue weighted by molar-refractivity contribution is 5.54. The lowest BCUT2D eigenvalue weighted by molar-refractivity contribution is -0.146. The van der Waals surface area contributed by atoms with Crippen LogP contribution in [0.2, 0.25) is 0 Å². The van der Waals surface area contributed by atoms with Gasteiger partial charge in [-0.1, -0.05) is 0 Å². The fraction of sp³-hybridized carbons (Fsp3) is 0.500. The standard InChI is InChI=1S/C12H15F4N3/c13-10-7-9(17)1-2-11(10)19-5-3-18(4-6-19)8-12(14,15)16/h1-2,7H,3-6,8,17H2. The van der Waals surface area contributed by atoms with Gasteiger partial charge < -0.3 is 10.6 Å². The molecule has 19 heavy (non-hydrogen) atoms. The molecule has 1 aliphatic rings. The number of halogens is 4. The minimum absolute atomic E-state index is 0.267. The maximum atomic E-state index is 13.7. The van der Waals surface area contributed by atoms with Crippen molar-refractivity contribution in [3.8, 4) is 0 Å². The highest BCUT2D eigenvalue weighted by Gasteiger charge is 2.32. The van der Waals surface area contributed by atoms with Crippen LogP contribution in [0.5, 0.6) is 0 Å². The molecule has 0 unspecified atom stereocenters. The van der Waals surface area contributed by atoms with Crippen molar-refractivity contribution in [1.82, 2.24) is 4.90 Å². The molecule has 7 heteroatoms. The van der Waals surface area contributed by atoms with E-state index in [0.717, 1.165) is 0 Å². The number of hydrogen-bond donors (Lipinski definition) is 1. The Hall–Kier alpha value is -1.50. The molecule has 0 aliphatic carbocycles. The van der Waals surface area contributed by atoms with Crippen molar-refractivity contribution in [3.63, 3.8) is 0 Å². The number of nitrogen functional groups attached to an aromatic ring is 1. The van der Waals surface area contributed by atoms with Crippen LogP contribution in [0.15, 0.2) is 18.2 Å². The number of rotatable bonds is 2. The summed E-state index contributed by atoms with van der Waals surface area (Å²) in [6, 6.07) is 4.36. The first kappa shape index (κ1) is 13.9. The van der Waals surface area contributed by atoms with Crippen LogP contribution in [0.3, 0.4) is 0 Å². The minimum Gasteiger partial charge on any atom is -0.399 e. The van der Waals surface area contributed by atoms with E-state index in [2.05, 4.69) is 0 Å². The largest absolute Gasteiger partial charge is 0.401 e. The third-order valence-corrected chi connectivity index (χ3v) is 3.09. The number of piperazine rings is 1. The van der Waals surface area contributed by atoms with Crippen molar-refractivity contribution in [3.05, 3.63) is 24.0 Å². The van der Waals surface area contributed by atoms with Crippen LogP contribution in [0, 0.1) is 5.82 Å². The predicted octanol–water partition coefficient (Wildman–Crippen LogP) is 2.09. The van der Waals surface area contributed by atoms with Gasteiger partial charge in [-0.25, -0.2) is 4.39 Å². The zero-order valence-corrected chi connectivity index (χ0v) is 10.3. The van der Waals surface area contributed by atoms with Crippen LogP contribution in [-0.4, -0.2) is 43.8 Å². The fourth-order valence-electron chi connectivity index (χ4n) is 2.18. The topological polar surface area (TPSA) is 32.5 Å². The summed E-state index contributed by atoms with van der Waals surface area (Å²) in [5, 5.41) is 0.